The molecular formula is C33H25ClFN3O3S. The number of alkyl carbamates (subject to hydrolysis) is 1. The van der Waals surface area contributed by atoms with Gasteiger partial charge in [-0.05, 0) is 57.1 Å². The minimum Gasteiger partial charge on any atom is -0.449 e. The summed E-state index contributed by atoms with van der Waals surface area (Å²) in [6.45, 7) is 0.0315. The minimum absolute atomic E-state index is 0.0557. The standard InChI is InChI=1S/C33H25ClFN3O3S/c34-29-12-11-22(20-13-15-36-30(35)16-20)27(31(29)42-32-21(18-39)6-5-14-37-32)17-38-33(40)41-19-28-25-9-3-1-7-23(25)24-8-2-4-10-26(24)28/h1-16,28,39H,17-19H2,(H,38,40). The summed E-state index contributed by atoms with van der Waals surface area (Å²) in [6, 6.07) is 26.3. The molecule has 0 bridgehead atoms. The van der Waals surface area contributed by atoms with Crippen molar-refractivity contribution in [1.29, 1.82) is 0 Å². The predicted molar refractivity (Wildman–Crippen MR) is 161 cm³/mol. The van der Waals surface area contributed by atoms with E-state index in [0.29, 0.717) is 37.2 Å². The molecular weight excluding hydrogens is 573 g/mol. The Kier molecular flexibility index (Phi) is 8.19. The van der Waals surface area contributed by atoms with Gasteiger partial charge < -0.3 is 15.2 Å². The number of nitrogens with zero attached hydrogens (tertiary/aromatic N) is 2. The number of aliphatic hydroxyl groups excluding tert-OH is 1. The average molecular weight is 598 g/mol. The van der Waals surface area contributed by atoms with Crippen LogP contribution in [0.25, 0.3) is 22.3 Å². The number of hydrogen-bond acceptors (Lipinski definition) is 6. The van der Waals surface area contributed by atoms with E-state index in [0.717, 1.165) is 22.3 Å². The lowest BCUT2D eigenvalue weighted by atomic mass is 9.98. The number of ether oxygens (including phenoxy) is 1. The van der Waals surface area contributed by atoms with Gasteiger partial charge in [-0.2, -0.15) is 4.39 Å². The van der Waals surface area contributed by atoms with Crippen LogP contribution in [0, 0.1) is 5.95 Å². The molecule has 0 fully saturated rings. The van der Waals surface area contributed by atoms with E-state index in [1.165, 1.54) is 24.0 Å². The molecule has 9 heteroatoms. The average Bonchev–Trinajstić information content (AvgIpc) is 3.34. The third-order valence-electron chi connectivity index (χ3n) is 7.22. The molecule has 1 aliphatic rings. The molecule has 0 saturated carbocycles. The molecule has 0 radical (unpaired) electrons. The summed E-state index contributed by atoms with van der Waals surface area (Å²) in [6.07, 6.45) is 2.43. The molecule has 1 amide bonds. The molecule has 0 aliphatic heterocycles. The van der Waals surface area contributed by atoms with E-state index in [4.69, 9.17) is 16.3 Å². The Morgan fingerprint density at radius 1 is 0.929 bits per heavy atom. The molecule has 6 rings (SSSR count). The van der Waals surface area contributed by atoms with Gasteiger partial charge in [0.1, 0.15) is 11.6 Å². The SMILES string of the molecule is O=C(NCc1c(-c2ccnc(F)c2)ccc(Cl)c1Sc1ncccc1CO)OCC1c2ccccc2-c2ccccc21. The Balaban J connectivity index is 1.26. The normalized spacial score (nSPS) is 12.1. The lowest BCUT2D eigenvalue weighted by Gasteiger charge is -2.18. The third kappa shape index (κ3) is 5.61. The number of fused-ring (bicyclic) bond motifs is 3. The van der Waals surface area contributed by atoms with Crippen molar-refractivity contribution >= 4 is 29.5 Å². The maximum Gasteiger partial charge on any atom is 0.407 e. The van der Waals surface area contributed by atoms with Gasteiger partial charge in [-0.3, -0.25) is 0 Å². The first kappa shape index (κ1) is 27.9. The number of amides is 1. The van der Waals surface area contributed by atoms with Crippen molar-refractivity contribution in [2.75, 3.05) is 6.61 Å². The second-order valence-electron chi connectivity index (χ2n) is 9.68. The Labute approximate surface area is 251 Å². The van der Waals surface area contributed by atoms with Crippen LogP contribution < -0.4 is 5.32 Å². The molecule has 0 unspecified atom stereocenters. The van der Waals surface area contributed by atoms with E-state index in [9.17, 15) is 14.3 Å². The Morgan fingerprint density at radius 3 is 2.38 bits per heavy atom. The van der Waals surface area contributed by atoms with E-state index in [1.54, 1.807) is 36.5 Å². The van der Waals surface area contributed by atoms with Crippen LogP contribution in [0.2, 0.25) is 5.02 Å². The van der Waals surface area contributed by atoms with Gasteiger partial charge in [-0.25, -0.2) is 14.8 Å². The summed E-state index contributed by atoms with van der Waals surface area (Å²) in [7, 11) is 0. The fourth-order valence-corrected chi connectivity index (χ4v) is 6.60. The fourth-order valence-electron chi connectivity index (χ4n) is 5.27. The second kappa shape index (κ2) is 12.3. The smallest absolute Gasteiger partial charge is 0.407 e. The first-order chi connectivity index (χ1) is 20.5. The molecule has 2 aromatic heterocycles. The second-order valence-corrected chi connectivity index (χ2v) is 11.1. The van der Waals surface area contributed by atoms with Gasteiger partial charge in [0, 0.05) is 41.4 Å². The van der Waals surface area contributed by atoms with E-state index >= 15 is 0 Å². The summed E-state index contributed by atoms with van der Waals surface area (Å²) in [5.74, 6) is -0.698. The van der Waals surface area contributed by atoms with Crippen LogP contribution in [0.1, 0.15) is 28.2 Å². The Hall–Kier alpha value is -4.24. The van der Waals surface area contributed by atoms with Crippen LogP contribution in [-0.4, -0.2) is 27.8 Å². The molecule has 0 atom stereocenters. The van der Waals surface area contributed by atoms with Gasteiger partial charge in [0.15, 0.2) is 0 Å². The van der Waals surface area contributed by atoms with Gasteiger partial charge >= 0.3 is 6.09 Å². The minimum atomic E-state index is -0.626. The summed E-state index contributed by atoms with van der Waals surface area (Å²) >= 11 is 7.95. The number of rotatable bonds is 8. The van der Waals surface area contributed by atoms with Gasteiger partial charge in [-0.1, -0.05) is 84.0 Å². The summed E-state index contributed by atoms with van der Waals surface area (Å²) in [4.78, 5) is 21.8. The van der Waals surface area contributed by atoms with Crippen LogP contribution >= 0.6 is 23.4 Å². The zero-order valence-electron chi connectivity index (χ0n) is 22.3. The number of aromatic nitrogens is 2. The van der Waals surface area contributed by atoms with Gasteiger partial charge in [-0.15, -0.1) is 0 Å². The Bertz CT molecular complexity index is 1740. The number of hydrogen-bond donors (Lipinski definition) is 2. The number of benzene rings is 3. The highest BCUT2D eigenvalue weighted by Gasteiger charge is 2.29. The van der Waals surface area contributed by atoms with Gasteiger partial charge in [0.2, 0.25) is 5.95 Å². The zero-order chi connectivity index (χ0) is 29.1. The summed E-state index contributed by atoms with van der Waals surface area (Å²) in [5, 5.41) is 13.7. The number of aliphatic hydroxyl groups is 1. The monoisotopic (exact) mass is 597 g/mol. The van der Waals surface area contributed by atoms with E-state index in [-0.39, 0.29) is 25.7 Å². The highest BCUT2D eigenvalue weighted by Crippen LogP contribution is 2.45. The highest BCUT2D eigenvalue weighted by atomic mass is 35.5. The molecule has 6 nitrogen and oxygen atoms in total. The lowest BCUT2D eigenvalue weighted by Crippen LogP contribution is -2.26. The molecule has 1 aliphatic carbocycles. The van der Waals surface area contributed by atoms with Crippen LogP contribution in [0.3, 0.4) is 0 Å². The number of nitrogens with one attached hydrogen (secondary N) is 1. The molecule has 210 valence electrons. The van der Waals surface area contributed by atoms with Crippen LogP contribution in [0.4, 0.5) is 9.18 Å². The van der Waals surface area contributed by atoms with Crippen LogP contribution in [0.5, 0.6) is 0 Å². The van der Waals surface area contributed by atoms with Crippen molar-refractivity contribution < 1.29 is 19.0 Å². The molecule has 3 aromatic carbocycles. The Morgan fingerprint density at radius 2 is 1.67 bits per heavy atom. The van der Waals surface area contributed by atoms with Crippen molar-refractivity contribution in [1.82, 2.24) is 15.3 Å². The van der Waals surface area contributed by atoms with E-state index < -0.39 is 12.0 Å². The summed E-state index contributed by atoms with van der Waals surface area (Å²) < 4.78 is 19.9. The lowest BCUT2D eigenvalue weighted by molar-refractivity contribution is 0.142. The third-order valence-corrected chi connectivity index (χ3v) is 8.88. The highest BCUT2D eigenvalue weighted by molar-refractivity contribution is 7.99. The molecule has 2 N–H and O–H groups in total. The largest absolute Gasteiger partial charge is 0.449 e. The molecule has 2 heterocycles. The number of pyridine rings is 2. The quantitative estimate of drug-likeness (QED) is 0.179. The van der Waals surface area contributed by atoms with Crippen molar-refractivity contribution in [3.63, 3.8) is 0 Å². The number of halogens is 2. The van der Waals surface area contributed by atoms with Crippen molar-refractivity contribution in [2.45, 2.75) is 29.0 Å². The first-order valence-corrected chi connectivity index (χ1v) is 14.5. The maximum absolute atomic E-state index is 14.1. The fraction of sp³-hybridized carbons (Fsp3) is 0.121. The number of carbonyl (C=O) groups is 1. The van der Waals surface area contributed by atoms with Crippen LogP contribution in [-0.2, 0) is 17.9 Å². The predicted octanol–water partition coefficient (Wildman–Crippen LogP) is 7.62. The van der Waals surface area contributed by atoms with Crippen molar-refractivity contribution in [3.8, 4) is 22.3 Å². The van der Waals surface area contributed by atoms with Gasteiger partial charge in [0.05, 0.1) is 11.6 Å². The molecule has 0 saturated heterocycles. The molecule has 5 aromatic rings. The summed E-state index contributed by atoms with van der Waals surface area (Å²) in [5.41, 5.74) is 7.07. The molecule has 0 spiro atoms. The van der Waals surface area contributed by atoms with Crippen LogP contribution in [0.15, 0.2) is 107 Å². The topological polar surface area (TPSA) is 84.3 Å². The number of carbonyl (C=O) groups excluding carboxylic acids is 1. The van der Waals surface area contributed by atoms with Crippen molar-refractivity contribution in [2.24, 2.45) is 0 Å². The van der Waals surface area contributed by atoms with Crippen molar-refractivity contribution in [3.05, 3.63) is 131 Å². The van der Waals surface area contributed by atoms with Gasteiger partial charge in [0.25, 0.3) is 0 Å². The maximum atomic E-state index is 14.1. The molecule has 42 heavy (non-hydrogen) atoms. The van der Waals surface area contributed by atoms with E-state index in [2.05, 4.69) is 39.6 Å². The zero-order valence-corrected chi connectivity index (χ0v) is 23.8. The van der Waals surface area contributed by atoms with E-state index in [1.807, 2.05) is 24.3 Å². The first-order valence-electron chi connectivity index (χ1n) is 13.3.